The molecule has 2 fully saturated rings. The van der Waals surface area contributed by atoms with Crippen LogP contribution >= 0.6 is 0 Å². The van der Waals surface area contributed by atoms with Gasteiger partial charge in [0, 0.05) is 0 Å². The van der Waals surface area contributed by atoms with Gasteiger partial charge in [0.1, 0.15) is 0 Å². The normalized spacial score (nSPS) is 45.7. The van der Waals surface area contributed by atoms with Gasteiger partial charge in [-0.2, -0.15) is 18.8 Å². The monoisotopic (exact) mass is 241 g/mol. The van der Waals surface area contributed by atoms with E-state index in [0.717, 1.165) is 17.8 Å². The van der Waals surface area contributed by atoms with Gasteiger partial charge in [0.05, 0.1) is 0 Å². The molecule has 2 rings (SSSR count). The maximum Gasteiger partial charge on any atom is 1.00 e. The summed E-state index contributed by atoms with van der Waals surface area (Å²) in [6, 6.07) is 0. The molecule has 2 saturated carbocycles. The molecule has 2 aliphatic carbocycles. The Morgan fingerprint density at radius 3 is 2.56 bits per heavy atom. The van der Waals surface area contributed by atoms with Crippen molar-refractivity contribution >= 4 is 0 Å². The number of hydrogen-bond acceptors (Lipinski definition) is 0. The largest absolute Gasteiger partial charge is 1.00 e. The van der Waals surface area contributed by atoms with Crippen molar-refractivity contribution in [2.24, 2.45) is 17.8 Å². The molecule has 0 bridgehead atoms. The smallest absolute Gasteiger partial charge is 0.330 e. The molecule has 0 aromatic rings. The summed E-state index contributed by atoms with van der Waals surface area (Å²) in [6.07, 6.45) is 7.69. The maximum atomic E-state index is 2.44. The molecule has 0 aromatic carbocycles. The van der Waals surface area contributed by atoms with Crippen LogP contribution < -0.4 is 68.9 Å². The first-order chi connectivity index (χ1) is 3.92. The van der Waals surface area contributed by atoms with Crippen molar-refractivity contribution < 1.29 is 68.9 Å². The molecule has 0 saturated heterocycles. The molecular weight excluding hydrogens is 229 g/mol. The standard InChI is InChI=1S/C8H12.Cs/c1-2-6-5-8(6)7-3-4-7;/h2-3,6-8H,4-5H2,1H3;/q-2;+1. The average Bonchev–Trinajstić information content (AvgIpc) is 2.62. The Morgan fingerprint density at radius 1 is 1.56 bits per heavy atom. The first kappa shape index (κ1) is 9.14. The fourth-order valence-electron chi connectivity index (χ4n) is 1.54. The van der Waals surface area contributed by atoms with Crippen molar-refractivity contribution in [1.29, 1.82) is 0 Å². The van der Waals surface area contributed by atoms with Gasteiger partial charge >= 0.3 is 68.9 Å². The van der Waals surface area contributed by atoms with Gasteiger partial charge in [-0.05, 0) is 0 Å². The predicted octanol–water partition coefficient (Wildman–Crippen LogP) is -0.925. The van der Waals surface area contributed by atoms with Crippen molar-refractivity contribution in [3.63, 3.8) is 0 Å². The van der Waals surface area contributed by atoms with Crippen LogP contribution in [0, 0.1) is 30.6 Å². The number of rotatable bonds is 2. The van der Waals surface area contributed by atoms with E-state index < -0.39 is 0 Å². The minimum atomic E-state index is 0. The fourth-order valence-corrected chi connectivity index (χ4v) is 1.54. The minimum absolute atomic E-state index is 0. The van der Waals surface area contributed by atoms with Crippen LogP contribution in [0.4, 0.5) is 0 Å². The van der Waals surface area contributed by atoms with Crippen LogP contribution in [-0.2, 0) is 0 Å². The van der Waals surface area contributed by atoms with E-state index in [4.69, 9.17) is 0 Å². The predicted molar refractivity (Wildman–Crippen MR) is 34.0 cm³/mol. The van der Waals surface area contributed by atoms with Gasteiger partial charge in [0.2, 0.25) is 0 Å². The topological polar surface area (TPSA) is 0 Å². The SMILES string of the molecule is C[CH-]C1CC1C1[CH-]C1.[Cs+]. The van der Waals surface area contributed by atoms with Crippen molar-refractivity contribution in [2.45, 2.75) is 19.8 Å². The summed E-state index contributed by atoms with van der Waals surface area (Å²) >= 11 is 0. The molecule has 9 heavy (non-hydrogen) atoms. The Balaban J connectivity index is 0.000000405. The van der Waals surface area contributed by atoms with Gasteiger partial charge in [-0.15, -0.1) is 0 Å². The van der Waals surface area contributed by atoms with Crippen molar-refractivity contribution in [1.82, 2.24) is 0 Å². The van der Waals surface area contributed by atoms with Crippen LogP contribution in [-0.4, -0.2) is 0 Å². The summed E-state index contributed by atoms with van der Waals surface area (Å²) in [6.45, 7) is 2.19. The van der Waals surface area contributed by atoms with Crippen molar-refractivity contribution in [2.75, 3.05) is 0 Å². The van der Waals surface area contributed by atoms with Crippen LogP contribution in [0.2, 0.25) is 0 Å². The quantitative estimate of drug-likeness (QED) is 0.548. The summed E-state index contributed by atoms with van der Waals surface area (Å²) < 4.78 is 0. The molecule has 0 aliphatic heterocycles. The second-order valence-electron chi connectivity index (χ2n) is 3.03. The third-order valence-electron chi connectivity index (χ3n) is 2.38. The third kappa shape index (κ3) is 2.24. The van der Waals surface area contributed by atoms with Gasteiger partial charge in [0.15, 0.2) is 0 Å². The van der Waals surface area contributed by atoms with Crippen LogP contribution in [0.3, 0.4) is 0 Å². The van der Waals surface area contributed by atoms with Gasteiger partial charge < -0.3 is 12.8 Å². The summed E-state index contributed by atoms with van der Waals surface area (Å²) in [5.41, 5.74) is 0. The molecule has 3 unspecified atom stereocenters. The molecule has 0 nitrogen and oxygen atoms in total. The van der Waals surface area contributed by atoms with E-state index in [-0.39, 0.29) is 68.9 Å². The van der Waals surface area contributed by atoms with E-state index in [2.05, 4.69) is 19.8 Å². The summed E-state index contributed by atoms with van der Waals surface area (Å²) in [5, 5.41) is 0. The molecule has 2 aliphatic rings. The first-order valence-electron chi connectivity index (χ1n) is 3.54. The maximum absolute atomic E-state index is 2.44. The van der Waals surface area contributed by atoms with Gasteiger partial charge in [-0.25, -0.2) is 6.42 Å². The van der Waals surface area contributed by atoms with Gasteiger partial charge in [-0.1, -0.05) is 12.3 Å². The van der Waals surface area contributed by atoms with E-state index in [1.807, 2.05) is 0 Å². The third-order valence-corrected chi connectivity index (χ3v) is 2.38. The van der Waals surface area contributed by atoms with Gasteiger partial charge in [0.25, 0.3) is 0 Å². The van der Waals surface area contributed by atoms with Crippen LogP contribution in [0.5, 0.6) is 0 Å². The van der Waals surface area contributed by atoms with Crippen LogP contribution in [0.25, 0.3) is 0 Å². The second-order valence-corrected chi connectivity index (χ2v) is 3.03. The minimum Gasteiger partial charge on any atom is -0.330 e. The molecule has 0 amide bonds. The Kier molecular flexibility index (Phi) is 3.69. The van der Waals surface area contributed by atoms with Crippen molar-refractivity contribution in [3.05, 3.63) is 12.8 Å². The Labute approximate surface area is 117 Å². The van der Waals surface area contributed by atoms with Gasteiger partial charge in [-0.3, -0.25) is 0 Å². The molecular formula is C8H12Cs-. The first-order valence-corrected chi connectivity index (χ1v) is 3.54. The molecule has 0 N–H and O–H groups in total. The summed E-state index contributed by atoms with van der Waals surface area (Å²) in [4.78, 5) is 0. The van der Waals surface area contributed by atoms with E-state index >= 15 is 0 Å². The van der Waals surface area contributed by atoms with E-state index in [1.54, 1.807) is 0 Å². The molecule has 46 valence electrons. The summed E-state index contributed by atoms with van der Waals surface area (Å²) in [7, 11) is 0. The zero-order chi connectivity index (χ0) is 5.56. The molecule has 0 spiro atoms. The zero-order valence-corrected chi connectivity index (χ0v) is 12.6. The van der Waals surface area contributed by atoms with Crippen LogP contribution in [0.1, 0.15) is 19.8 Å². The number of hydrogen-bond donors (Lipinski definition) is 0. The van der Waals surface area contributed by atoms with Crippen molar-refractivity contribution in [3.8, 4) is 0 Å². The molecule has 0 radical (unpaired) electrons. The fraction of sp³-hybridized carbons (Fsp3) is 0.750. The second kappa shape index (κ2) is 3.64. The average molecular weight is 241 g/mol. The Hall–Kier alpha value is 2.05. The Bertz CT molecular complexity index is 96.7. The van der Waals surface area contributed by atoms with Crippen LogP contribution in [0.15, 0.2) is 0 Å². The molecule has 0 heterocycles. The summed E-state index contributed by atoms with van der Waals surface area (Å²) in [5.74, 6) is 3.12. The van der Waals surface area contributed by atoms with E-state index in [9.17, 15) is 0 Å². The zero-order valence-electron chi connectivity index (χ0n) is 6.30. The van der Waals surface area contributed by atoms with E-state index in [1.165, 1.54) is 12.8 Å². The Morgan fingerprint density at radius 2 is 2.22 bits per heavy atom. The molecule has 3 atom stereocenters. The van der Waals surface area contributed by atoms with E-state index in [0.29, 0.717) is 0 Å². The molecule has 0 aromatic heterocycles. The molecule has 1 heteroatoms.